The Balaban J connectivity index is 1.35. The van der Waals surface area contributed by atoms with Crippen LogP contribution in [0.25, 0.3) is 0 Å². The Morgan fingerprint density at radius 2 is 1.17 bits per heavy atom. The van der Waals surface area contributed by atoms with Crippen LogP contribution in [-0.2, 0) is 46.9 Å². The molecular formula is C52H69N3O7Si2. The van der Waals surface area contributed by atoms with Crippen LogP contribution in [0.1, 0.15) is 27.8 Å². The quantitative estimate of drug-likeness (QED) is 0.0344. The summed E-state index contributed by atoms with van der Waals surface area (Å²) >= 11 is 0. The Kier molecular flexibility index (Phi) is 18.1. The van der Waals surface area contributed by atoms with E-state index in [9.17, 15) is 0 Å². The monoisotopic (exact) mass is 903 g/mol. The zero-order valence-corrected chi connectivity index (χ0v) is 41.0. The van der Waals surface area contributed by atoms with Crippen LogP contribution in [0.4, 0.5) is 4.79 Å². The van der Waals surface area contributed by atoms with Crippen molar-refractivity contribution >= 4 is 22.2 Å². The van der Waals surface area contributed by atoms with Crippen LogP contribution >= 0.6 is 0 Å². The Morgan fingerprint density at radius 3 is 1.81 bits per heavy atom. The molecule has 0 aliphatic carbocycles. The minimum atomic E-state index is -1.32. The summed E-state index contributed by atoms with van der Waals surface area (Å²) < 4.78 is 37.1. The number of benzene rings is 5. The Bertz CT molecular complexity index is 2150. The molecule has 1 saturated heterocycles. The van der Waals surface area contributed by atoms with Gasteiger partial charge in [-0.1, -0.05) is 148 Å². The minimum absolute atomic E-state index is 0.127. The molecule has 1 aliphatic rings. The van der Waals surface area contributed by atoms with Gasteiger partial charge in [0.15, 0.2) is 18.3 Å². The molecule has 0 N–H and O–H groups in total. The van der Waals surface area contributed by atoms with Crippen LogP contribution in [0, 0.1) is 0 Å². The second-order valence-corrected chi connectivity index (χ2v) is 30.2. The maximum Gasteiger partial charge on any atom is 0.335 e. The highest BCUT2D eigenvalue weighted by atomic mass is 28.3. The number of hydrazine groups is 1. The number of carbonyl (C=O) groups is 1. The molecule has 12 heteroatoms. The van der Waals surface area contributed by atoms with E-state index in [0.717, 1.165) is 45.7 Å². The van der Waals surface area contributed by atoms with Gasteiger partial charge in [0.25, 0.3) is 0 Å². The lowest BCUT2D eigenvalue weighted by Gasteiger charge is -2.36. The number of rotatable bonds is 24. The third-order valence-corrected chi connectivity index (χ3v) is 14.6. The van der Waals surface area contributed by atoms with Gasteiger partial charge in [-0.3, -0.25) is 5.01 Å². The van der Waals surface area contributed by atoms with Gasteiger partial charge in [-0.05, 0) is 70.6 Å². The standard InChI is InChI=1S/C52H69N3O7Si2/c1-57-50-34-46(26-27-49(50)61-40-58-28-30-63(2,3)4)36-54-48(33-42-18-11-8-12-19-42)51(62-41-59-29-31-64(5,6)7)38-53(35-43-20-13-9-14-21-43)55(52(54)56)37-45-24-17-25-47(32-45)60-39-44-22-15-10-16-23-44/h8-27,32,34,48,51H,28-31,33,35-41H2,1-7H3/t48-,51-/m1/s1. The second kappa shape index (κ2) is 23.8. The van der Waals surface area contributed by atoms with Crippen LogP contribution in [0.15, 0.2) is 133 Å². The summed E-state index contributed by atoms with van der Waals surface area (Å²) in [5.41, 5.74) is 5.12. The topological polar surface area (TPSA) is 82.2 Å². The second-order valence-electron chi connectivity index (χ2n) is 19.0. The molecule has 1 aliphatic heterocycles. The van der Waals surface area contributed by atoms with Gasteiger partial charge in [-0.25, -0.2) is 9.80 Å². The number of hydrogen-bond donors (Lipinski definition) is 0. The summed E-state index contributed by atoms with van der Waals surface area (Å²) in [5, 5.41) is 4.04. The molecule has 0 unspecified atom stereocenters. The van der Waals surface area contributed by atoms with E-state index in [1.807, 2.05) is 101 Å². The largest absolute Gasteiger partial charge is 0.493 e. The van der Waals surface area contributed by atoms with E-state index in [-0.39, 0.29) is 25.7 Å². The molecule has 0 radical (unpaired) electrons. The van der Waals surface area contributed by atoms with Crippen molar-refractivity contribution < 1.29 is 33.2 Å². The molecule has 0 aromatic heterocycles. The SMILES string of the molecule is COc1cc(CN2C(=O)N(Cc3cccc(OCc4ccccc4)c3)N(Cc3ccccc3)C[C@@H](OCOCC[Si](C)(C)C)[C@H]2Cc2ccccc2)ccc1OCOCC[Si](C)(C)C. The number of hydrogen-bond acceptors (Lipinski definition) is 8. The van der Waals surface area contributed by atoms with Gasteiger partial charge in [0.2, 0.25) is 0 Å². The normalized spacial score (nSPS) is 16.1. The molecule has 342 valence electrons. The maximum atomic E-state index is 15.7. The van der Waals surface area contributed by atoms with Crippen LogP contribution in [0.2, 0.25) is 51.4 Å². The van der Waals surface area contributed by atoms with E-state index in [1.54, 1.807) is 7.11 Å². The third-order valence-electron chi connectivity index (χ3n) is 11.2. The lowest BCUT2D eigenvalue weighted by atomic mass is 9.98. The molecule has 5 aromatic rings. The Morgan fingerprint density at radius 1 is 0.578 bits per heavy atom. The first-order valence-electron chi connectivity index (χ1n) is 22.6. The number of nitrogens with zero attached hydrogens (tertiary/aromatic N) is 3. The molecule has 1 heterocycles. The first-order chi connectivity index (χ1) is 30.8. The molecule has 64 heavy (non-hydrogen) atoms. The van der Waals surface area contributed by atoms with Crippen LogP contribution in [-0.4, -0.2) is 89.7 Å². The van der Waals surface area contributed by atoms with Crippen LogP contribution in [0.3, 0.4) is 0 Å². The van der Waals surface area contributed by atoms with E-state index in [0.29, 0.717) is 63.9 Å². The minimum Gasteiger partial charge on any atom is -0.493 e. The molecule has 1 fully saturated rings. The van der Waals surface area contributed by atoms with Crippen molar-refractivity contribution in [3.63, 3.8) is 0 Å². The zero-order chi connectivity index (χ0) is 45.4. The predicted molar refractivity (Wildman–Crippen MR) is 261 cm³/mol. The molecule has 6 rings (SSSR count). The van der Waals surface area contributed by atoms with E-state index in [1.165, 1.54) is 0 Å². The predicted octanol–water partition coefficient (Wildman–Crippen LogP) is 11.1. The first kappa shape index (κ1) is 48.5. The van der Waals surface area contributed by atoms with Crippen molar-refractivity contribution in [2.45, 2.75) is 96.2 Å². The van der Waals surface area contributed by atoms with Crippen molar-refractivity contribution in [1.82, 2.24) is 14.9 Å². The highest BCUT2D eigenvalue weighted by molar-refractivity contribution is 6.76. The van der Waals surface area contributed by atoms with Gasteiger partial charge in [-0.15, -0.1) is 0 Å². The number of ether oxygens (including phenoxy) is 6. The highest BCUT2D eigenvalue weighted by Gasteiger charge is 2.42. The summed E-state index contributed by atoms with van der Waals surface area (Å²) in [4.78, 5) is 17.7. The lowest BCUT2D eigenvalue weighted by Crippen LogP contribution is -2.51. The van der Waals surface area contributed by atoms with Gasteiger partial charge in [0.1, 0.15) is 19.1 Å². The van der Waals surface area contributed by atoms with Crippen molar-refractivity contribution in [3.05, 3.63) is 161 Å². The van der Waals surface area contributed by atoms with E-state index in [2.05, 4.69) is 86.8 Å². The summed E-state index contributed by atoms with van der Waals surface area (Å²) in [5.74, 6) is 1.90. The molecule has 2 atom stereocenters. The van der Waals surface area contributed by atoms with Crippen molar-refractivity contribution in [2.24, 2.45) is 0 Å². The summed E-state index contributed by atoms with van der Waals surface area (Å²) in [6.07, 6.45) is 0.165. The zero-order valence-electron chi connectivity index (χ0n) is 39.0. The number of urea groups is 1. The summed E-state index contributed by atoms with van der Waals surface area (Å²) in [7, 11) is -0.914. The number of methoxy groups -OCH3 is 1. The van der Waals surface area contributed by atoms with Gasteiger partial charge in [0, 0.05) is 49.0 Å². The molecule has 10 nitrogen and oxygen atoms in total. The van der Waals surface area contributed by atoms with E-state index >= 15 is 4.79 Å². The smallest absolute Gasteiger partial charge is 0.335 e. The number of amides is 2. The fourth-order valence-corrected chi connectivity index (χ4v) is 9.00. The fourth-order valence-electron chi connectivity index (χ4n) is 7.49. The molecular weight excluding hydrogens is 835 g/mol. The average molecular weight is 904 g/mol. The van der Waals surface area contributed by atoms with Crippen LogP contribution < -0.4 is 14.2 Å². The van der Waals surface area contributed by atoms with Crippen molar-refractivity contribution in [3.8, 4) is 17.2 Å². The van der Waals surface area contributed by atoms with Crippen molar-refractivity contribution in [2.75, 3.05) is 40.5 Å². The Hall–Kier alpha value is -4.96. The molecule has 0 spiro atoms. The molecule has 5 aromatic carbocycles. The molecule has 0 saturated carbocycles. The highest BCUT2D eigenvalue weighted by Crippen LogP contribution is 2.32. The Labute approximate surface area is 384 Å². The van der Waals surface area contributed by atoms with Crippen LogP contribution in [0.5, 0.6) is 17.2 Å². The van der Waals surface area contributed by atoms with E-state index < -0.39 is 22.3 Å². The average Bonchev–Trinajstić information content (AvgIpc) is 3.36. The summed E-state index contributed by atoms with van der Waals surface area (Å²) in [6, 6.07) is 46.3. The van der Waals surface area contributed by atoms with Gasteiger partial charge >= 0.3 is 6.03 Å². The fraction of sp³-hybridized carbons (Fsp3) is 0.404. The van der Waals surface area contributed by atoms with E-state index in [4.69, 9.17) is 28.4 Å². The lowest BCUT2D eigenvalue weighted by molar-refractivity contribution is -0.118. The molecule has 2 amide bonds. The molecule has 0 bridgehead atoms. The van der Waals surface area contributed by atoms with Gasteiger partial charge in [-0.2, -0.15) is 0 Å². The number of carbonyl (C=O) groups excluding carboxylic acids is 1. The summed E-state index contributed by atoms with van der Waals surface area (Å²) in [6.45, 7) is 17.6. The van der Waals surface area contributed by atoms with Gasteiger partial charge < -0.3 is 33.3 Å². The maximum absolute atomic E-state index is 15.7. The van der Waals surface area contributed by atoms with Crippen molar-refractivity contribution in [1.29, 1.82) is 0 Å². The van der Waals surface area contributed by atoms with Gasteiger partial charge in [0.05, 0.1) is 25.8 Å². The first-order valence-corrected chi connectivity index (χ1v) is 30.0. The third kappa shape index (κ3) is 15.6.